The highest BCUT2D eigenvalue weighted by Gasteiger charge is 2.12. The van der Waals surface area contributed by atoms with Gasteiger partial charge in [-0.3, -0.25) is 0 Å². The summed E-state index contributed by atoms with van der Waals surface area (Å²) in [5, 5.41) is 5.42. The van der Waals surface area contributed by atoms with Crippen LogP contribution in [0.25, 0.3) is 5.69 Å². The van der Waals surface area contributed by atoms with Gasteiger partial charge in [0, 0.05) is 29.3 Å². The van der Waals surface area contributed by atoms with Gasteiger partial charge in [0.05, 0.1) is 12.1 Å². The number of aryl methyl sites for hydroxylation is 1. The Morgan fingerprint density at radius 2 is 1.86 bits per heavy atom. The molecule has 0 saturated carbocycles. The maximum absolute atomic E-state index is 13.2. The van der Waals surface area contributed by atoms with Crippen molar-refractivity contribution >= 4 is 23.3 Å². The highest BCUT2D eigenvalue weighted by atomic mass is 35.5. The number of amides is 2. The number of methoxy groups -OCH3 is 1. The van der Waals surface area contributed by atoms with Crippen molar-refractivity contribution in [3.8, 4) is 11.4 Å². The molecule has 0 fully saturated rings. The lowest BCUT2D eigenvalue weighted by atomic mass is 10.2. The minimum absolute atomic E-state index is 0.0409. The number of ether oxygens (including phenoxy) is 1. The number of halogens is 2. The summed E-state index contributed by atoms with van der Waals surface area (Å²) in [4.78, 5) is 12.1. The first-order valence-corrected chi connectivity index (χ1v) is 9.09. The molecule has 0 aliphatic heterocycles. The maximum atomic E-state index is 13.2. The van der Waals surface area contributed by atoms with Crippen molar-refractivity contribution in [3.63, 3.8) is 0 Å². The van der Waals surface area contributed by atoms with Crippen molar-refractivity contribution in [1.82, 2.24) is 9.88 Å². The molecule has 0 atom stereocenters. The standard InChI is InChI=1S/C21H21ClFN3O2/c1-13-10-15(14(2)26(13)17-5-7-18(28-3)8-6-17)12-24-21(27)25-16-4-9-20(23)19(22)11-16/h4-11H,12H2,1-3H3,(H2,24,25,27). The summed E-state index contributed by atoms with van der Waals surface area (Å²) >= 11 is 5.73. The van der Waals surface area contributed by atoms with Crippen LogP contribution in [-0.2, 0) is 6.54 Å². The Morgan fingerprint density at radius 1 is 1.14 bits per heavy atom. The van der Waals surface area contributed by atoms with Crippen LogP contribution in [0, 0.1) is 19.7 Å². The van der Waals surface area contributed by atoms with E-state index in [9.17, 15) is 9.18 Å². The molecule has 28 heavy (non-hydrogen) atoms. The van der Waals surface area contributed by atoms with Gasteiger partial charge in [-0.1, -0.05) is 11.6 Å². The van der Waals surface area contributed by atoms with Gasteiger partial charge < -0.3 is 19.9 Å². The Morgan fingerprint density at radius 3 is 2.50 bits per heavy atom. The molecule has 3 rings (SSSR count). The largest absolute Gasteiger partial charge is 0.497 e. The lowest BCUT2D eigenvalue weighted by molar-refractivity contribution is 0.251. The van der Waals surface area contributed by atoms with Gasteiger partial charge in [0.1, 0.15) is 11.6 Å². The van der Waals surface area contributed by atoms with E-state index < -0.39 is 11.8 Å². The molecule has 0 aliphatic carbocycles. The molecule has 146 valence electrons. The lowest BCUT2D eigenvalue weighted by Crippen LogP contribution is -2.28. The van der Waals surface area contributed by atoms with Crippen LogP contribution in [0.5, 0.6) is 5.75 Å². The number of carbonyl (C=O) groups excluding carboxylic acids is 1. The number of hydrogen-bond acceptors (Lipinski definition) is 2. The number of anilines is 1. The number of urea groups is 1. The number of rotatable bonds is 5. The molecule has 3 aromatic rings. The molecule has 0 saturated heterocycles. The predicted molar refractivity (Wildman–Crippen MR) is 109 cm³/mol. The average molecular weight is 402 g/mol. The molecule has 1 aromatic heterocycles. The van der Waals surface area contributed by atoms with Crippen LogP contribution < -0.4 is 15.4 Å². The van der Waals surface area contributed by atoms with Gasteiger partial charge in [0.2, 0.25) is 0 Å². The van der Waals surface area contributed by atoms with E-state index in [0.717, 1.165) is 28.4 Å². The molecule has 5 nitrogen and oxygen atoms in total. The predicted octanol–water partition coefficient (Wildman–Crippen LogP) is 5.22. The van der Waals surface area contributed by atoms with Crippen molar-refractivity contribution in [2.45, 2.75) is 20.4 Å². The van der Waals surface area contributed by atoms with Crippen LogP contribution in [-0.4, -0.2) is 17.7 Å². The Balaban J connectivity index is 1.69. The minimum atomic E-state index is -0.529. The van der Waals surface area contributed by atoms with E-state index in [1.165, 1.54) is 18.2 Å². The second kappa shape index (κ2) is 8.35. The third-order valence-corrected chi connectivity index (χ3v) is 4.77. The van der Waals surface area contributed by atoms with Gasteiger partial charge in [0.25, 0.3) is 0 Å². The van der Waals surface area contributed by atoms with Crippen molar-refractivity contribution in [3.05, 3.63) is 76.3 Å². The monoisotopic (exact) mass is 401 g/mol. The molecule has 7 heteroatoms. The molecule has 0 spiro atoms. The molecule has 2 aromatic carbocycles. The first-order chi connectivity index (χ1) is 13.4. The van der Waals surface area contributed by atoms with Crippen molar-refractivity contribution in [2.24, 2.45) is 0 Å². The Bertz CT molecular complexity index is 1000. The van der Waals surface area contributed by atoms with Crippen molar-refractivity contribution < 1.29 is 13.9 Å². The van der Waals surface area contributed by atoms with E-state index in [1.807, 2.05) is 44.2 Å². The molecule has 0 unspecified atom stereocenters. The second-order valence-corrected chi connectivity index (χ2v) is 6.77. The number of hydrogen-bond donors (Lipinski definition) is 2. The molecular weight excluding hydrogens is 381 g/mol. The fraction of sp³-hybridized carbons (Fsp3) is 0.190. The second-order valence-electron chi connectivity index (χ2n) is 6.37. The first kappa shape index (κ1) is 19.8. The molecule has 2 N–H and O–H groups in total. The van der Waals surface area contributed by atoms with Gasteiger partial charge in [-0.25, -0.2) is 9.18 Å². The molecule has 0 bridgehead atoms. The summed E-state index contributed by atoms with van der Waals surface area (Å²) < 4.78 is 20.5. The lowest BCUT2D eigenvalue weighted by Gasteiger charge is -2.11. The van der Waals surface area contributed by atoms with Gasteiger partial charge in [0.15, 0.2) is 0 Å². The van der Waals surface area contributed by atoms with E-state index >= 15 is 0 Å². The fourth-order valence-corrected chi connectivity index (χ4v) is 3.24. The third kappa shape index (κ3) is 4.28. The summed E-state index contributed by atoms with van der Waals surface area (Å²) in [6, 6.07) is 13.5. The van der Waals surface area contributed by atoms with Gasteiger partial charge >= 0.3 is 6.03 Å². The Kier molecular flexibility index (Phi) is 5.90. The van der Waals surface area contributed by atoms with Crippen LogP contribution in [0.1, 0.15) is 17.0 Å². The summed E-state index contributed by atoms with van der Waals surface area (Å²) in [6.07, 6.45) is 0. The zero-order chi connectivity index (χ0) is 20.3. The molecule has 0 radical (unpaired) electrons. The summed E-state index contributed by atoms with van der Waals surface area (Å²) in [5.41, 5.74) is 4.54. The van der Waals surface area contributed by atoms with E-state index in [2.05, 4.69) is 15.2 Å². The Labute approximate surface area is 168 Å². The highest BCUT2D eigenvalue weighted by Crippen LogP contribution is 2.23. The van der Waals surface area contributed by atoms with Crippen molar-refractivity contribution in [2.75, 3.05) is 12.4 Å². The topological polar surface area (TPSA) is 55.3 Å². The SMILES string of the molecule is COc1ccc(-n2c(C)cc(CNC(=O)Nc3ccc(F)c(Cl)c3)c2C)cc1. The van der Waals surface area contributed by atoms with E-state index in [0.29, 0.717) is 12.2 Å². The van der Waals surface area contributed by atoms with Crippen molar-refractivity contribution in [1.29, 1.82) is 0 Å². The molecule has 1 heterocycles. The van der Waals surface area contributed by atoms with E-state index in [4.69, 9.17) is 16.3 Å². The number of aromatic nitrogens is 1. The zero-order valence-corrected chi connectivity index (χ0v) is 16.6. The van der Waals surface area contributed by atoms with Crippen LogP contribution in [0.2, 0.25) is 5.02 Å². The smallest absolute Gasteiger partial charge is 0.319 e. The van der Waals surface area contributed by atoms with Gasteiger partial charge in [-0.05, 0) is 67.9 Å². The average Bonchev–Trinajstić information content (AvgIpc) is 2.96. The van der Waals surface area contributed by atoms with Crippen LogP contribution >= 0.6 is 11.6 Å². The van der Waals surface area contributed by atoms with Crippen LogP contribution in [0.4, 0.5) is 14.9 Å². The fourth-order valence-electron chi connectivity index (χ4n) is 3.06. The van der Waals surface area contributed by atoms with E-state index in [-0.39, 0.29) is 5.02 Å². The normalized spacial score (nSPS) is 10.6. The number of carbonyl (C=O) groups is 1. The van der Waals surface area contributed by atoms with Crippen LogP contribution in [0.3, 0.4) is 0 Å². The third-order valence-electron chi connectivity index (χ3n) is 4.48. The summed E-state index contributed by atoms with van der Waals surface area (Å²) in [7, 11) is 1.63. The zero-order valence-electron chi connectivity index (χ0n) is 15.8. The quantitative estimate of drug-likeness (QED) is 0.616. The number of nitrogens with zero attached hydrogens (tertiary/aromatic N) is 1. The van der Waals surface area contributed by atoms with Gasteiger partial charge in [-0.2, -0.15) is 0 Å². The molecule has 2 amide bonds. The van der Waals surface area contributed by atoms with Gasteiger partial charge in [-0.15, -0.1) is 0 Å². The molecular formula is C21H21ClFN3O2. The first-order valence-electron chi connectivity index (χ1n) is 8.71. The number of nitrogens with one attached hydrogen (secondary N) is 2. The maximum Gasteiger partial charge on any atom is 0.319 e. The van der Waals surface area contributed by atoms with Crippen LogP contribution in [0.15, 0.2) is 48.5 Å². The highest BCUT2D eigenvalue weighted by molar-refractivity contribution is 6.31. The molecule has 0 aliphatic rings. The summed E-state index contributed by atoms with van der Waals surface area (Å²) in [5.74, 6) is 0.268. The summed E-state index contributed by atoms with van der Waals surface area (Å²) in [6.45, 7) is 4.38. The number of benzene rings is 2. The minimum Gasteiger partial charge on any atom is -0.497 e. The van der Waals surface area contributed by atoms with E-state index in [1.54, 1.807) is 7.11 Å². The Hall–Kier alpha value is -2.99.